The topological polar surface area (TPSA) is 46.2 Å². The minimum Gasteiger partial charge on any atom is -0.289 e. The van der Waals surface area contributed by atoms with Gasteiger partial charge in [-0.3, -0.25) is 14.9 Å². The summed E-state index contributed by atoms with van der Waals surface area (Å²) in [6, 6.07) is 5.03. The van der Waals surface area contributed by atoms with Gasteiger partial charge in [-0.25, -0.2) is 0 Å². The van der Waals surface area contributed by atoms with Gasteiger partial charge < -0.3 is 0 Å². The van der Waals surface area contributed by atoms with E-state index in [-0.39, 0.29) is 5.91 Å². The number of carbonyl (C=O) groups excluding carboxylic acids is 2. The Morgan fingerprint density at radius 3 is 2.53 bits per heavy atom. The zero-order valence-corrected chi connectivity index (χ0v) is 9.72. The lowest BCUT2D eigenvalue weighted by atomic mass is 10.1. The molecular weight excluding hydrogens is 281 g/mol. The fourth-order valence-corrected chi connectivity index (χ4v) is 2.22. The second kappa shape index (κ2) is 3.79. The van der Waals surface area contributed by atoms with Gasteiger partial charge in [-0.1, -0.05) is 33.6 Å². The monoisotopic (exact) mass is 285 g/mol. The van der Waals surface area contributed by atoms with Crippen molar-refractivity contribution in [3.05, 3.63) is 39.3 Å². The molecule has 0 fully saturated rings. The van der Waals surface area contributed by atoms with Crippen LogP contribution in [0.1, 0.15) is 5.56 Å². The Hall–Kier alpha value is -1.13. The van der Waals surface area contributed by atoms with Crippen molar-refractivity contribution in [1.29, 1.82) is 0 Å². The van der Waals surface area contributed by atoms with E-state index in [4.69, 9.17) is 11.6 Å². The fraction of sp³-hybridized carbons (Fsp3) is 0. The first-order chi connectivity index (χ1) is 7.08. The summed E-state index contributed by atoms with van der Waals surface area (Å²) in [5, 5.41) is 2.75. The van der Waals surface area contributed by atoms with Crippen molar-refractivity contribution in [3.63, 3.8) is 0 Å². The van der Waals surface area contributed by atoms with Gasteiger partial charge in [0.1, 0.15) is 0 Å². The second-order valence-electron chi connectivity index (χ2n) is 3.00. The average molecular weight is 287 g/mol. The molecule has 76 valence electrons. The third kappa shape index (κ3) is 1.96. The molecule has 0 unspecified atom stereocenters. The minimum absolute atomic E-state index is 0.351. The van der Waals surface area contributed by atoms with E-state index in [1.54, 1.807) is 18.2 Å². The van der Waals surface area contributed by atoms with Gasteiger partial charge in [-0.05, 0) is 12.1 Å². The van der Waals surface area contributed by atoms with E-state index in [9.17, 15) is 9.59 Å². The molecule has 0 aromatic heterocycles. The molecule has 0 spiro atoms. The maximum Gasteiger partial charge on any atom is 0.258 e. The van der Waals surface area contributed by atoms with Gasteiger partial charge in [-0.2, -0.15) is 0 Å². The van der Waals surface area contributed by atoms with Crippen molar-refractivity contribution in [2.24, 2.45) is 0 Å². The van der Waals surface area contributed by atoms with Crippen LogP contribution in [0.3, 0.4) is 0 Å². The number of carbonyl (C=O) groups is 2. The van der Waals surface area contributed by atoms with E-state index in [0.717, 1.165) is 0 Å². The average Bonchev–Trinajstić information content (AvgIpc) is 2.45. The summed E-state index contributed by atoms with van der Waals surface area (Å²) < 4.78 is 0.686. The molecule has 0 bridgehead atoms. The van der Waals surface area contributed by atoms with Crippen molar-refractivity contribution >= 4 is 44.9 Å². The van der Waals surface area contributed by atoms with E-state index < -0.39 is 5.91 Å². The highest BCUT2D eigenvalue weighted by molar-refractivity contribution is 9.10. The van der Waals surface area contributed by atoms with Crippen molar-refractivity contribution in [2.75, 3.05) is 0 Å². The summed E-state index contributed by atoms with van der Waals surface area (Å²) in [5.74, 6) is -0.778. The van der Waals surface area contributed by atoms with Gasteiger partial charge in [0.25, 0.3) is 11.8 Å². The number of amides is 2. The zero-order chi connectivity index (χ0) is 11.0. The molecule has 2 rings (SSSR count). The van der Waals surface area contributed by atoms with Gasteiger partial charge in [0.05, 0.1) is 5.57 Å². The van der Waals surface area contributed by atoms with E-state index in [1.807, 2.05) is 0 Å². The molecule has 1 aliphatic rings. The van der Waals surface area contributed by atoms with Crippen LogP contribution in [-0.4, -0.2) is 11.8 Å². The van der Waals surface area contributed by atoms with Crippen LogP contribution in [0.15, 0.2) is 28.7 Å². The van der Waals surface area contributed by atoms with Crippen LogP contribution >= 0.6 is 27.5 Å². The van der Waals surface area contributed by atoms with E-state index in [2.05, 4.69) is 21.2 Å². The second-order valence-corrected chi connectivity index (χ2v) is 4.29. The van der Waals surface area contributed by atoms with Crippen LogP contribution in [-0.2, 0) is 9.59 Å². The van der Waals surface area contributed by atoms with E-state index in [0.29, 0.717) is 20.6 Å². The number of halogens is 2. The van der Waals surface area contributed by atoms with Crippen molar-refractivity contribution in [1.82, 2.24) is 5.32 Å². The highest BCUT2D eigenvalue weighted by Gasteiger charge is 2.23. The molecule has 1 aromatic carbocycles. The maximum absolute atomic E-state index is 11.4. The highest BCUT2D eigenvalue weighted by atomic mass is 79.9. The third-order valence-corrected chi connectivity index (χ3v) is 2.87. The standard InChI is InChI=1S/C10H5BrClNO2/c11-8-3-5(12)1-2-6(8)7-4-9(14)13-10(7)15/h1-4H,(H,13,14,15). The lowest BCUT2D eigenvalue weighted by Gasteiger charge is -2.03. The number of hydrogen-bond donors (Lipinski definition) is 1. The quantitative estimate of drug-likeness (QED) is 0.804. The molecule has 3 nitrogen and oxygen atoms in total. The number of imide groups is 1. The largest absolute Gasteiger partial charge is 0.289 e. The Labute approximate surface area is 99.2 Å². The molecule has 0 aliphatic carbocycles. The molecule has 2 amide bonds. The summed E-state index contributed by atoms with van der Waals surface area (Å²) in [7, 11) is 0. The smallest absolute Gasteiger partial charge is 0.258 e. The molecule has 1 aliphatic heterocycles. The Kier molecular flexibility index (Phi) is 2.63. The number of benzene rings is 1. The number of hydrogen-bond acceptors (Lipinski definition) is 2. The normalized spacial score (nSPS) is 15.2. The van der Waals surface area contributed by atoms with E-state index >= 15 is 0 Å². The molecule has 0 radical (unpaired) electrons. The predicted octanol–water partition coefficient (Wildman–Crippen LogP) is 2.14. The van der Waals surface area contributed by atoms with Crippen LogP contribution in [0, 0.1) is 0 Å². The predicted molar refractivity (Wildman–Crippen MR) is 60.3 cm³/mol. The SMILES string of the molecule is O=C1C=C(c2ccc(Cl)cc2Br)C(=O)N1. The summed E-state index contributed by atoms with van der Waals surface area (Å²) >= 11 is 9.06. The first-order valence-electron chi connectivity index (χ1n) is 4.10. The number of rotatable bonds is 1. The first-order valence-corrected chi connectivity index (χ1v) is 5.27. The molecule has 0 atom stereocenters. The molecule has 1 heterocycles. The van der Waals surface area contributed by atoms with Gasteiger partial charge in [0.2, 0.25) is 0 Å². The Morgan fingerprint density at radius 1 is 1.27 bits per heavy atom. The molecule has 1 N–H and O–H groups in total. The summed E-state index contributed by atoms with van der Waals surface area (Å²) in [6.07, 6.45) is 1.27. The van der Waals surface area contributed by atoms with Crippen LogP contribution in [0.5, 0.6) is 0 Å². The van der Waals surface area contributed by atoms with Gasteiger partial charge in [0.15, 0.2) is 0 Å². The summed E-state index contributed by atoms with van der Waals surface area (Å²) in [5.41, 5.74) is 1.01. The van der Waals surface area contributed by atoms with E-state index in [1.165, 1.54) is 6.08 Å². The Balaban J connectivity index is 2.51. The Bertz CT molecular complexity index is 496. The number of nitrogens with one attached hydrogen (secondary N) is 1. The van der Waals surface area contributed by atoms with Gasteiger partial charge in [0, 0.05) is 21.1 Å². The first kappa shape index (κ1) is 10.4. The maximum atomic E-state index is 11.4. The molecule has 1 aromatic rings. The van der Waals surface area contributed by atoms with Crippen LogP contribution in [0.25, 0.3) is 5.57 Å². The lowest BCUT2D eigenvalue weighted by Crippen LogP contribution is -2.21. The molecule has 15 heavy (non-hydrogen) atoms. The van der Waals surface area contributed by atoms with Gasteiger partial charge in [-0.15, -0.1) is 0 Å². The molecule has 0 saturated carbocycles. The van der Waals surface area contributed by atoms with Crippen LogP contribution < -0.4 is 5.32 Å². The van der Waals surface area contributed by atoms with Gasteiger partial charge >= 0.3 is 0 Å². The molecule has 0 saturated heterocycles. The molecular formula is C10H5BrClNO2. The van der Waals surface area contributed by atoms with Crippen molar-refractivity contribution < 1.29 is 9.59 Å². The van der Waals surface area contributed by atoms with Crippen LogP contribution in [0.4, 0.5) is 0 Å². The van der Waals surface area contributed by atoms with Crippen molar-refractivity contribution in [2.45, 2.75) is 0 Å². The van der Waals surface area contributed by atoms with Crippen molar-refractivity contribution in [3.8, 4) is 0 Å². The molecule has 5 heteroatoms. The lowest BCUT2D eigenvalue weighted by molar-refractivity contribution is -0.123. The zero-order valence-electron chi connectivity index (χ0n) is 7.38. The highest BCUT2D eigenvalue weighted by Crippen LogP contribution is 2.28. The fourth-order valence-electron chi connectivity index (χ4n) is 1.32. The summed E-state index contributed by atoms with van der Waals surface area (Å²) in [6.45, 7) is 0. The van der Waals surface area contributed by atoms with Crippen LogP contribution in [0.2, 0.25) is 5.02 Å². The Morgan fingerprint density at radius 2 is 2.00 bits per heavy atom. The summed E-state index contributed by atoms with van der Waals surface area (Å²) in [4.78, 5) is 22.3. The third-order valence-electron chi connectivity index (χ3n) is 1.98. The minimum atomic E-state index is -0.392.